The first-order chi connectivity index (χ1) is 5.74. The third-order valence-electron chi connectivity index (χ3n) is 1.31. The van der Waals surface area contributed by atoms with E-state index in [2.05, 4.69) is 11.9 Å². The van der Waals surface area contributed by atoms with E-state index in [4.69, 9.17) is 18.0 Å². The van der Waals surface area contributed by atoms with E-state index in [9.17, 15) is 0 Å². The van der Waals surface area contributed by atoms with Crippen LogP contribution in [0.4, 0.5) is 0 Å². The molecule has 0 unspecified atom stereocenters. The van der Waals surface area contributed by atoms with Gasteiger partial charge in [-0.05, 0) is 17.9 Å². The minimum atomic E-state index is 0.426. The first-order valence-corrected chi connectivity index (χ1v) is 5.02. The van der Waals surface area contributed by atoms with Gasteiger partial charge in [-0.2, -0.15) is 0 Å². The fourth-order valence-corrected chi connectivity index (χ4v) is 1.56. The van der Waals surface area contributed by atoms with Crippen LogP contribution < -0.4 is 5.73 Å². The molecule has 4 heteroatoms. The average molecular weight is 198 g/mol. The van der Waals surface area contributed by atoms with Crippen molar-refractivity contribution in [2.45, 2.75) is 11.9 Å². The van der Waals surface area contributed by atoms with Gasteiger partial charge in [-0.1, -0.05) is 19.1 Å². The van der Waals surface area contributed by atoms with Crippen molar-refractivity contribution in [1.29, 1.82) is 0 Å². The van der Waals surface area contributed by atoms with E-state index < -0.39 is 0 Å². The van der Waals surface area contributed by atoms with Gasteiger partial charge in [0.2, 0.25) is 0 Å². The van der Waals surface area contributed by atoms with Crippen molar-refractivity contribution in [3.8, 4) is 0 Å². The molecule has 1 rings (SSSR count). The van der Waals surface area contributed by atoms with Crippen LogP contribution in [0.1, 0.15) is 12.5 Å². The third-order valence-corrected chi connectivity index (χ3v) is 2.35. The molecule has 0 saturated carbocycles. The predicted octanol–water partition coefficient (Wildman–Crippen LogP) is 1.83. The number of hydrogen-bond donors (Lipinski definition) is 1. The highest BCUT2D eigenvalue weighted by molar-refractivity contribution is 7.99. The minimum absolute atomic E-state index is 0.426. The molecule has 0 aliphatic heterocycles. The maximum atomic E-state index is 5.47. The maximum Gasteiger partial charge on any atom is 0.104 e. The molecule has 0 atom stereocenters. The molecule has 0 saturated heterocycles. The largest absolute Gasteiger partial charge is 0.389 e. The van der Waals surface area contributed by atoms with Crippen LogP contribution in [0.5, 0.6) is 0 Å². The molecular weight excluding hydrogens is 188 g/mol. The highest BCUT2D eigenvalue weighted by Crippen LogP contribution is 2.15. The highest BCUT2D eigenvalue weighted by Gasteiger charge is 1.98. The summed E-state index contributed by atoms with van der Waals surface area (Å²) in [6.45, 7) is 2.08. The summed E-state index contributed by atoms with van der Waals surface area (Å²) in [7, 11) is 0. The lowest BCUT2D eigenvalue weighted by atomic mass is 10.3. The Balaban J connectivity index is 2.88. The second kappa shape index (κ2) is 4.42. The van der Waals surface area contributed by atoms with Crippen molar-refractivity contribution in [3.63, 3.8) is 0 Å². The summed E-state index contributed by atoms with van der Waals surface area (Å²) in [6, 6.07) is 3.73. The van der Waals surface area contributed by atoms with Crippen LogP contribution in [0.3, 0.4) is 0 Å². The fourth-order valence-electron chi connectivity index (χ4n) is 0.790. The van der Waals surface area contributed by atoms with Gasteiger partial charge in [-0.25, -0.2) is 4.98 Å². The van der Waals surface area contributed by atoms with Crippen molar-refractivity contribution < 1.29 is 0 Å². The van der Waals surface area contributed by atoms with Gasteiger partial charge in [-0.3, -0.25) is 0 Å². The molecule has 0 aliphatic rings. The maximum absolute atomic E-state index is 5.47. The quantitative estimate of drug-likeness (QED) is 0.594. The number of nitrogens with two attached hydrogens (primary N) is 1. The minimum Gasteiger partial charge on any atom is -0.389 e. The van der Waals surface area contributed by atoms with Crippen molar-refractivity contribution in [1.82, 2.24) is 4.98 Å². The summed E-state index contributed by atoms with van der Waals surface area (Å²) in [4.78, 5) is 4.59. The van der Waals surface area contributed by atoms with Gasteiger partial charge >= 0.3 is 0 Å². The number of aromatic nitrogens is 1. The number of rotatable bonds is 3. The van der Waals surface area contributed by atoms with Crippen LogP contribution in [-0.2, 0) is 0 Å². The number of thiocarbonyl (C=S) groups is 1. The number of hydrogen-bond acceptors (Lipinski definition) is 3. The lowest BCUT2D eigenvalue weighted by Gasteiger charge is -2.00. The molecular formula is C8H10N2S2. The molecule has 0 aromatic carbocycles. The Bertz CT molecular complexity index is 286. The van der Waals surface area contributed by atoms with E-state index >= 15 is 0 Å². The Morgan fingerprint density at radius 3 is 3.08 bits per heavy atom. The summed E-state index contributed by atoms with van der Waals surface area (Å²) in [5.74, 6) is 1.01. The van der Waals surface area contributed by atoms with Crippen LogP contribution in [0.25, 0.3) is 0 Å². The van der Waals surface area contributed by atoms with Crippen molar-refractivity contribution in [2.75, 3.05) is 5.75 Å². The first-order valence-electron chi connectivity index (χ1n) is 3.62. The fraction of sp³-hybridized carbons (Fsp3) is 0.250. The van der Waals surface area contributed by atoms with E-state index in [1.54, 1.807) is 18.0 Å². The molecule has 1 aromatic rings. The SMILES string of the molecule is CCSc1cc(C(N)=S)ccn1. The second-order valence-electron chi connectivity index (χ2n) is 2.18. The molecule has 0 spiro atoms. The van der Waals surface area contributed by atoms with Crippen LogP contribution >= 0.6 is 24.0 Å². The molecule has 64 valence electrons. The summed E-state index contributed by atoms with van der Waals surface area (Å²) < 4.78 is 0. The van der Waals surface area contributed by atoms with Crippen LogP contribution in [0.15, 0.2) is 23.4 Å². The van der Waals surface area contributed by atoms with E-state index in [1.165, 1.54) is 0 Å². The molecule has 0 radical (unpaired) electrons. The van der Waals surface area contributed by atoms with Crippen molar-refractivity contribution in [2.24, 2.45) is 5.73 Å². The van der Waals surface area contributed by atoms with Gasteiger partial charge in [0.25, 0.3) is 0 Å². The second-order valence-corrected chi connectivity index (χ2v) is 3.90. The number of nitrogens with zero attached hydrogens (tertiary/aromatic N) is 1. The molecule has 0 bridgehead atoms. The van der Waals surface area contributed by atoms with E-state index in [0.29, 0.717) is 4.99 Å². The normalized spacial score (nSPS) is 9.75. The first kappa shape index (κ1) is 9.48. The van der Waals surface area contributed by atoms with E-state index in [1.807, 2.05) is 12.1 Å². The Morgan fingerprint density at radius 1 is 1.75 bits per heavy atom. The monoisotopic (exact) mass is 198 g/mol. The predicted molar refractivity (Wildman–Crippen MR) is 56.5 cm³/mol. The Hall–Kier alpha value is -0.610. The van der Waals surface area contributed by atoms with Gasteiger partial charge in [-0.15, -0.1) is 11.8 Å². The molecule has 1 heterocycles. The zero-order chi connectivity index (χ0) is 8.97. The zero-order valence-corrected chi connectivity index (χ0v) is 8.41. The molecule has 2 N–H and O–H groups in total. The molecule has 0 amide bonds. The molecule has 0 aliphatic carbocycles. The number of thioether (sulfide) groups is 1. The van der Waals surface area contributed by atoms with Gasteiger partial charge in [0.15, 0.2) is 0 Å². The van der Waals surface area contributed by atoms with Crippen LogP contribution in [0, 0.1) is 0 Å². The van der Waals surface area contributed by atoms with Gasteiger partial charge < -0.3 is 5.73 Å². The zero-order valence-electron chi connectivity index (χ0n) is 6.78. The molecule has 1 aromatic heterocycles. The molecule has 0 fully saturated rings. The van der Waals surface area contributed by atoms with E-state index in [-0.39, 0.29) is 0 Å². The van der Waals surface area contributed by atoms with Gasteiger partial charge in [0.1, 0.15) is 4.99 Å². The third kappa shape index (κ3) is 2.46. The van der Waals surface area contributed by atoms with Crippen molar-refractivity contribution >= 4 is 29.0 Å². The number of pyridine rings is 1. The lowest BCUT2D eigenvalue weighted by Crippen LogP contribution is -2.09. The Kier molecular flexibility index (Phi) is 3.49. The lowest BCUT2D eigenvalue weighted by molar-refractivity contribution is 1.13. The summed E-state index contributed by atoms with van der Waals surface area (Å²) in [6.07, 6.45) is 1.73. The standard InChI is InChI=1S/C8H10N2S2/c1-2-12-7-5-6(8(9)11)3-4-10-7/h3-5H,2H2,1H3,(H2,9,11). The van der Waals surface area contributed by atoms with Gasteiger partial charge in [0, 0.05) is 11.8 Å². The Morgan fingerprint density at radius 2 is 2.50 bits per heavy atom. The molecule has 12 heavy (non-hydrogen) atoms. The Labute approximate surface area is 81.6 Å². The summed E-state index contributed by atoms with van der Waals surface area (Å²) >= 11 is 6.53. The molecule has 2 nitrogen and oxygen atoms in total. The van der Waals surface area contributed by atoms with Gasteiger partial charge in [0.05, 0.1) is 5.03 Å². The van der Waals surface area contributed by atoms with Crippen LogP contribution in [0.2, 0.25) is 0 Å². The smallest absolute Gasteiger partial charge is 0.104 e. The van der Waals surface area contributed by atoms with E-state index in [0.717, 1.165) is 16.3 Å². The van der Waals surface area contributed by atoms with Crippen LogP contribution in [-0.4, -0.2) is 15.7 Å². The summed E-state index contributed by atoms with van der Waals surface area (Å²) in [5, 5.41) is 0.975. The average Bonchev–Trinajstić information content (AvgIpc) is 2.05. The topological polar surface area (TPSA) is 38.9 Å². The van der Waals surface area contributed by atoms with Crippen molar-refractivity contribution in [3.05, 3.63) is 23.9 Å². The highest BCUT2D eigenvalue weighted by atomic mass is 32.2. The summed E-state index contributed by atoms with van der Waals surface area (Å²) in [5.41, 5.74) is 6.36.